The highest BCUT2D eigenvalue weighted by atomic mass is 16.3. The molecule has 0 radical (unpaired) electrons. The third-order valence-electron chi connectivity index (χ3n) is 3.47. The van der Waals surface area contributed by atoms with Crippen LogP contribution in [0.4, 0.5) is 0 Å². The molecule has 3 heteroatoms. The van der Waals surface area contributed by atoms with Crippen LogP contribution in [0.3, 0.4) is 0 Å². The summed E-state index contributed by atoms with van der Waals surface area (Å²) in [5.74, 6) is 0.352. The molecule has 0 saturated carbocycles. The minimum atomic E-state index is -0.190. The van der Waals surface area contributed by atoms with Crippen LogP contribution in [0.15, 0.2) is 24.3 Å². The average molecular weight is 234 g/mol. The minimum Gasteiger partial charge on any atom is -0.391 e. The number of aliphatic hydroxyl groups is 1. The maximum atomic E-state index is 9.65. The Labute approximate surface area is 103 Å². The molecule has 0 amide bonds. The lowest BCUT2D eigenvalue weighted by atomic mass is 10.1. The number of aliphatic hydroxyl groups excluding tert-OH is 1. The van der Waals surface area contributed by atoms with Gasteiger partial charge in [-0.2, -0.15) is 0 Å². The quantitative estimate of drug-likeness (QED) is 0.710. The van der Waals surface area contributed by atoms with Crippen molar-refractivity contribution in [2.24, 2.45) is 5.92 Å². The molecule has 1 aromatic carbocycles. The van der Waals surface area contributed by atoms with Gasteiger partial charge in [0.05, 0.1) is 6.10 Å². The van der Waals surface area contributed by atoms with Crippen LogP contribution >= 0.6 is 0 Å². The van der Waals surface area contributed by atoms with Crippen LogP contribution in [0.2, 0.25) is 0 Å². The molecule has 1 aliphatic heterocycles. The van der Waals surface area contributed by atoms with E-state index in [9.17, 15) is 5.11 Å². The number of benzene rings is 1. The summed E-state index contributed by atoms with van der Waals surface area (Å²) in [6.07, 6.45) is 0.901. The lowest BCUT2D eigenvalue weighted by Crippen LogP contribution is -2.30. The van der Waals surface area contributed by atoms with Gasteiger partial charge in [-0.3, -0.25) is 0 Å². The highest BCUT2D eigenvalue weighted by molar-refractivity contribution is 5.22. The van der Waals surface area contributed by atoms with Crippen molar-refractivity contribution in [3.63, 3.8) is 0 Å². The van der Waals surface area contributed by atoms with Crippen LogP contribution in [0, 0.1) is 5.92 Å². The van der Waals surface area contributed by atoms with Crippen molar-refractivity contribution in [2.75, 3.05) is 19.6 Å². The normalized spacial score (nSPS) is 24.1. The molecule has 0 spiro atoms. The molecule has 1 saturated heterocycles. The van der Waals surface area contributed by atoms with Crippen molar-refractivity contribution in [3.05, 3.63) is 35.4 Å². The first-order valence-electron chi connectivity index (χ1n) is 6.47. The maximum Gasteiger partial charge on any atom is 0.0716 e. The highest BCUT2D eigenvalue weighted by Crippen LogP contribution is 2.08. The predicted molar refractivity (Wildman–Crippen MR) is 69.9 cm³/mol. The monoisotopic (exact) mass is 234 g/mol. The number of rotatable bonds is 5. The first kappa shape index (κ1) is 12.6. The Bertz CT molecular complexity index is 337. The predicted octanol–water partition coefficient (Wildman–Crippen LogP) is 0.919. The summed E-state index contributed by atoms with van der Waals surface area (Å²) >= 11 is 0. The zero-order valence-corrected chi connectivity index (χ0v) is 10.4. The SMILES string of the molecule is CCc1ccc(CNCC2CNCC2O)cc1. The van der Waals surface area contributed by atoms with Gasteiger partial charge in [-0.15, -0.1) is 0 Å². The number of hydrogen-bond acceptors (Lipinski definition) is 3. The van der Waals surface area contributed by atoms with Crippen molar-refractivity contribution in [1.82, 2.24) is 10.6 Å². The summed E-state index contributed by atoms with van der Waals surface area (Å²) in [4.78, 5) is 0. The molecule has 3 N–H and O–H groups in total. The first-order valence-corrected chi connectivity index (χ1v) is 6.47. The van der Waals surface area contributed by atoms with Gasteiger partial charge in [-0.1, -0.05) is 31.2 Å². The van der Waals surface area contributed by atoms with Crippen molar-refractivity contribution >= 4 is 0 Å². The van der Waals surface area contributed by atoms with Gasteiger partial charge in [-0.25, -0.2) is 0 Å². The second kappa shape index (κ2) is 6.15. The first-order chi connectivity index (χ1) is 8.29. The Kier molecular flexibility index (Phi) is 4.54. The molecular formula is C14H22N2O. The second-order valence-electron chi connectivity index (χ2n) is 4.79. The third-order valence-corrected chi connectivity index (χ3v) is 3.47. The Morgan fingerprint density at radius 3 is 2.53 bits per heavy atom. The van der Waals surface area contributed by atoms with Crippen molar-refractivity contribution in [3.8, 4) is 0 Å². The Morgan fingerprint density at radius 2 is 1.94 bits per heavy atom. The molecule has 0 bridgehead atoms. The number of aryl methyl sites for hydroxylation is 1. The van der Waals surface area contributed by atoms with E-state index in [0.29, 0.717) is 5.92 Å². The van der Waals surface area contributed by atoms with Crippen LogP contribution in [-0.4, -0.2) is 30.8 Å². The molecule has 2 rings (SSSR count). The Hall–Kier alpha value is -0.900. The summed E-state index contributed by atoms with van der Waals surface area (Å²) in [6, 6.07) is 8.72. The van der Waals surface area contributed by atoms with Crippen LogP contribution in [0.1, 0.15) is 18.1 Å². The fourth-order valence-corrected chi connectivity index (χ4v) is 2.22. The van der Waals surface area contributed by atoms with Crippen LogP contribution in [0.5, 0.6) is 0 Å². The van der Waals surface area contributed by atoms with Crippen molar-refractivity contribution in [2.45, 2.75) is 26.0 Å². The highest BCUT2D eigenvalue weighted by Gasteiger charge is 2.23. The number of hydrogen-bond donors (Lipinski definition) is 3. The van der Waals surface area contributed by atoms with E-state index >= 15 is 0 Å². The molecule has 94 valence electrons. The molecule has 2 atom stereocenters. The van der Waals surface area contributed by atoms with E-state index in [1.165, 1.54) is 11.1 Å². The minimum absolute atomic E-state index is 0.190. The fraction of sp³-hybridized carbons (Fsp3) is 0.571. The summed E-state index contributed by atoms with van der Waals surface area (Å²) in [6.45, 7) is 5.58. The molecule has 1 aliphatic rings. The Morgan fingerprint density at radius 1 is 1.24 bits per heavy atom. The van der Waals surface area contributed by atoms with Gasteiger partial charge in [0, 0.05) is 32.1 Å². The maximum absolute atomic E-state index is 9.65. The van der Waals surface area contributed by atoms with Crippen LogP contribution < -0.4 is 10.6 Å². The molecule has 3 nitrogen and oxygen atoms in total. The van der Waals surface area contributed by atoms with Crippen molar-refractivity contribution < 1.29 is 5.11 Å². The van der Waals surface area contributed by atoms with Gasteiger partial charge in [0.25, 0.3) is 0 Å². The zero-order chi connectivity index (χ0) is 12.1. The van der Waals surface area contributed by atoms with Gasteiger partial charge < -0.3 is 15.7 Å². The zero-order valence-electron chi connectivity index (χ0n) is 10.4. The molecule has 17 heavy (non-hydrogen) atoms. The van der Waals surface area contributed by atoms with E-state index in [1.54, 1.807) is 0 Å². The van der Waals surface area contributed by atoms with Crippen LogP contribution in [0.25, 0.3) is 0 Å². The number of nitrogens with one attached hydrogen (secondary N) is 2. The molecule has 1 heterocycles. The van der Waals surface area contributed by atoms with Gasteiger partial charge in [0.1, 0.15) is 0 Å². The fourth-order valence-electron chi connectivity index (χ4n) is 2.22. The van der Waals surface area contributed by atoms with Gasteiger partial charge in [0.15, 0.2) is 0 Å². The lowest BCUT2D eigenvalue weighted by Gasteiger charge is -2.14. The Balaban J connectivity index is 1.73. The summed E-state index contributed by atoms with van der Waals surface area (Å²) in [7, 11) is 0. The molecule has 1 aromatic rings. The summed E-state index contributed by atoms with van der Waals surface area (Å²) < 4.78 is 0. The molecule has 2 unspecified atom stereocenters. The van der Waals surface area contributed by atoms with E-state index < -0.39 is 0 Å². The number of β-amino-alcohol motifs (C(OH)–C–C–N with tert-alkyl or cyclic N) is 1. The largest absolute Gasteiger partial charge is 0.391 e. The van der Waals surface area contributed by atoms with E-state index in [0.717, 1.165) is 32.6 Å². The standard InChI is InChI=1S/C14H22N2O/c1-2-11-3-5-12(6-4-11)7-15-8-13-9-16-10-14(13)17/h3-6,13-17H,2,7-10H2,1H3. The van der Waals surface area contributed by atoms with Gasteiger partial charge in [-0.05, 0) is 17.5 Å². The third kappa shape index (κ3) is 3.53. The van der Waals surface area contributed by atoms with Gasteiger partial charge >= 0.3 is 0 Å². The van der Waals surface area contributed by atoms with Crippen LogP contribution in [-0.2, 0) is 13.0 Å². The molecule has 1 fully saturated rings. The van der Waals surface area contributed by atoms with Crippen molar-refractivity contribution in [1.29, 1.82) is 0 Å². The van der Waals surface area contributed by atoms with E-state index in [-0.39, 0.29) is 6.10 Å². The lowest BCUT2D eigenvalue weighted by molar-refractivity contribution is 0.146. The second-order valence-corrected chi connectivity index (χ2v) is 4.79. The molecule has 0 aromatic heterocycles. The molecule has 0 aliphatic carbocycles. The average Bonchev–Trinajstić information content (AvgIpc) is 2.76. The smallest absolute Gasteiger partial charge is 0.0716 e. The summed E-state index contributed by atoms with van der Waals surface area (Å²) in [5.41, 5.74) is 2.69. The summed E-state index contributed by atoms with van der Waals surface area (Å²) in [5, 5.41) is 16.3. The van der Waals surface area contributed by atoms with E-state index in [1.807, 2.05) is 0 Å². The topological polar surface area (TPSA) is 44.3 Å². The van der Waals surface area contributed by atoms with E-state index in [4.69, 9.17) is 0 Å². The van der Waals surface area contributed by atoms with E-state index in [2.05, 4.69) is 41.8 Å². The molecular weight excluding hydrogens is 212 g/mol. The van der Waals surface area contributed by atoms with Gasteiger partial charge in [0.2, 0.25) is 0 Å².